The second-order valence-electron chi connectivity index (χ2n) is 10.2. The van der Waals surface area contributed by atoms with Crippen LogP contribution >= 0.6 is 23.2 Å². The number of anilines is 2. The molecule has 42 heavy (non-hydrogen) atoms. The van der Waals surface area contributed by atoms with Gasteiger partial charge in [-0.05, 0) is 104 Å². The van der Waals surface area contributed by atoms with Crippen molar-refractivity contribution in [3.8, 4) is 11.1 Å². The summed E-state index contributed by atoms with van der Waals surface area (Å²) >= 11 is 12.1. The van der Waals surface area contributed by atoms with Crippen LogP contribution in [0.25, 0.3) is 22.0 Å². The van der Waals surface area contributed by atoms with Gasteiger partial charge in [0.05, 0.1) is 10.5 Å². The third kappa shape index (κ3) is 7.49. The van der Waals surface area contributed by atoms with Crippen LogP contribution in [0.2, 0.25) is 10.0 Å². The molecule has 0 spiro atoms. The highest BCUT2D eigenvalue weighted by molar-refractivity contribution is 7.92. The topological polar surface area (TPSA) is 147 Å². The minimum atomic E-state index is -3.91. The van der Waals surface area contributed by atoms with Gasteiger partial charge in [0.25, 0.3) is 16.5 Å². The Morgan fingerprint density at radius 2 is 1.79 bits per heavy atom. The summed E-state index contributed by atoms with van der Waals surface area (Å²) in [7, 11) is -3.91. The number of fused-ring (bicyclic) bond motifs is 1. The van der Waals surface area contributed by atoms with Crippen molar-refractivity contribution >= 4 is 62.2 Å². The molecule has 4 aromatic rings. The average molecular weight is 631 g/mol. The molecule has 1 aliphatic rings. The first-order valence-electron chi connectivity index (χ1n) is 13.5. The second-order valence-corrected chi connectivity index (χ2v) is 12.7. The van der Waals surface area contributed by atoms with E-state index in [-0.39, 0.29) is 16.4 Å². The predicted molar refractivity (Wildman–Crippen MR) is 169 cm³/mol. The van der Waals surface area contributed by atoms with Crippen molar-refractivity contribution in [3.05, 3.63) is 75.9 Å². The first-order valence-corrected chi connectivity index (χ1v) is 15.8. The lowest BCUT2D eigenvalue weighted by molar-refractivity contribution is -0.122. The summed E-state index contributed by atoms with van der Waals surface area (Å²) in [5, 5.41) is 11.7. The number of nitrogens with zero attached hydrogens (tertiary/aromatic N) is 2. The maximum Gasteiger partial charge on any atom is 0.290 e. The molecule has 5 N–H and O–H groups in total. The molecule has 1 aliphatic carbocycles. The number of hydrogen-bond donors (Lipinski definition) is 4. The Morgan fingerprint density at radius 3 is 2.45 bits per heavy atom. The molecule has 5 rings (SSSR count). The second kappa shape index (κ2) is 13.7. The van der Waals surface area contributed by atoms with Gasteiger partial charge in [-0.1, -0.05) is 36.2 Å². The van der Waals surface area contributed by atoms with E-state index in [4.69, 9.17) is 43.8 Å². The van der Waals surface area contributed by atoms with Crippen molar-refractivity contribution in [2.75, 3.05) is 10.0 Å². The van der Waals surface area contributed by atoms with E-state index >= 15 is 0 Å². The third-order valence-electron chi connectivity index (χ3n) is 7.22. The summed E-state index contributed by atoms with van der Waals surface area (Å²) in [5.41, 5.74) is 11.5. The minimum absolute atomic E-state index is 0.0681. The number of nitrogens with one attached hydrogen (secondary N) is 2. The van der Waals surface area contributed by atoms with Crippen molar-refractivity contribution in [2.24, 2.45) is 5.73 Å². The number of sulfonamides is 1. The van der Waals surface area contributed by atoms with E-state index in [9.17, 15) is 8.42 Å². The van der Waals surface area contributed by atoms with Gasteiger partial charge in [-0.2, -0.15) is 0 Å². The maximum absolute atomic E-state index is 13.0. The monoisotopic (exact) mass is 629 g/mol. The van der Waals surface area contributed by atoms with Crippen LogP contribution in [-0.2, 0) is 21.2 Å². The van der Waals surface area contributed by atoms with Crippen molar-refractivity contribution in [1.82, 2.24) is 9.97 Å². The zero-order valence-corrected chi connectivity index (χ0v) is 25.6. The molecule has 0 bridgehead atoms. The first kappa shape index (κ1) is 31.5. The summed E-state index contributed by atoms with van der Waals surface area (Å²) in [6.07, 6.45) is 6.77. The average Bonchev–Trinajstić information content (AvgIpc) is 2.95. The molecule has 9 nitrogen and oxygen atoms in total. The van der Waals surface area contributed by atoms with Crippen molar-refractivity contribution in [1.29, 1.82) is 0 Å². The molecular formula is C30H33Cl2N5O4S. The van der Waals surface area contributed by atoms with Crippen LogP contribution < -0.4 is 15.8 Å². The third-order valence-corrected chi connectivity index (χ3v) is 9.32. The summed E-state index contributed by atoms with van der Waals surface area (Å²) in [6.45, 7) is 3.82. The molecular weight excluding hydrogens is 597 g/mol. The fourth-order valence-corrected chi connectivity index (χ4v) is 6.92. The summed E-state index contributed by atoms with van der Waals surface area (Å²) in [4.78, 5) is 17.8. The molecule has 0 atom stereocenters. The number of hydrogen-bond acceptors (Lipinski definition) is 7. The van der Waals surface area contributed by atoms with Crippen molar-refractivity contribution < 1.29 is 18.3 Å². The maximum atomic E-state index is 13.0. The van der Waals surface area contributed by atoms with Crippen LogP contribution in [0.15, 0.2) is 59.6 Å². The molecule has 0 unspecified atom stereocenters. The first-order chi connectivity index (χ1) is 20.0. The summed E-state index contributed by atoms with van der Waals surface area (Å²) in [6, 6.07) is 14.7. The lowest BCUT2D eigenvalue weighted by Crippen LogP contribution is -2.33. The molecule has 3 aromatic carbocycles. The van der Waals surface area contributed by atoms with Crippen molar-refractivity contribution in [2.45, 2.75) is 62.9 Å². The lowest BCUT2D eigenvalue weighted by atomic mass is 9.92. The normalized spacial score (nSPS) is 16.8. The van der Waals surface area contributed by atoms with Crippen molar-refractivity contribution in [3.63, 3.8) is 0 Å². The molecule has 222 valence electrons. The molecule has 0 aliphatic heterocycles. The number of nitrogens with two attached hydrogens (primary N) is 1. The van der Waals surface area contributed by atoms with Gasteiger partial charge < -0.3 is 16.2 Å². The number of rotatable bonds is 7. The van der Waals surface area contributed by atoms with Gasteiger partial charge in [-0.3, -0.25) is 9.52 Å². The SMILES string of the molecule is CCc1cc(-c2ccc(NS(=O)(=O)c3cc(Cl)ccc3Cl)cc2C)cc2cnc(NC3CCC(N)CC3)nc12.O=CO. The fraction of sp³-hybridized carbons (Fsp3) is 0.300. The van der Waals surface area contributed by atoms with Crippen LogP contribution in [-0.4, -0.2) is 42.0 Å². The summed E-state index contributed by atoms with van der Waals surface area (Å²) in [5.74, 6) is 0.651. The Kier molecular flexibility index (Phi) is 10.3. The highest BCUT2D eigenvalue weighted by atomic mass is 35.5. The van der Waals surface area contributed by atoms with E-state index in [0.29, 0.717) is 28.7 Å². The van der Waals surface area contributed by atoms with Gasteiger partial charge in [0.1, 0.15) is 4.90 Å². The molecule has 0 radical (unpaired) electrons. The molecule has 0 amide bonds. The number of aromatic nitrogens is 2. The molecule has 0 saturated heterocycles. The Bertz CT molecular complexity index is 1690. The number of benzene rings is 3. The van der Waals surface area contributed by atoms with E-state index < -0.39 is 10.0 Å². The van der Waals surface area contributed by atoms with Crippen LogP contribution in [0.3, 0.4) is 0 Å². The Morgan fingerprint density at radius 1 is 1.07 bits per heavy atom. The Hall–Kier alpha value is -3.44. The Labute approximate surface area is 255 Å². The van der Waals surface area contributed by atoms with E-state index in [0.717, 1.165) is 65.3 Å². The number of carbonyl (C=O) groups is 1. The highest BCUT2D eigenvalue weighted by Crippen LogP contribution is 2.33. The van der Waals surface area contributed by atoms with E-state index in [1.54, 1.807) is 18.2 Å². The van der Waals surface area contributed by atoms with E-state index in [1.165, 1.54) is 12.1 Å². The van der Waals surface area contributed by atoms with Gasteiger partial charge >= 0.3 is 0 Å². The fourth-order valence-electron chi connectivity index (χ4n) is 5.10. The zero-order valence-electron chi connectivity index (χ0n) is 23.3. The number of halogens is 2. The zero-order chi connectivity index (χ0) is 30.4. The van der Waals surface area contributed by atoms with E-state index in [1.807, 2.05) is 19.2 Å². The highest BCUT2D eigenvalue weighted by Gasteiger charge is 2.21. The molecule has 1 heterocycles. The van der Waals surface area contributed by atoms with Crippen LogP contribution in [0.4, 0.5) is 11.6 Å². The van der Waals surface area contributed by atoms with Gasteiger partial charge in [0, 0.05) is 34.4 Å². The predicted octanol–water partition coefficient (Wildman–Crippen LogP) is 6.66. The van der Waals surface area contributed by atoms with Gasteiger partial charge in [0.2, 0.25) is 5.95 Å². The quantitative estimate of drug-likeness (QED) is 0.166. The van der Waals surface area contributed by atoms with Gasteiger partial charge in [0.15, 0.2) is 0 Å². The minimum Gasteiger partial charge on any atom is -0.483 e. The summed E-state index contributed by atoms with van der Waals surface area (Å²) < 4.78 is 28.5. The molecule has 1 fully saturated rings. The van der Waals surface area contributed by atoms with E-state index in [2.05, 4.69) is 34.1 Å². The lowest BCUT2D eigenvalue weighted by Gasteiger charge is -2.26. The molecule has 1 aromatic heterocycles. The van der Waals surface area contributed by atoms with Crippen LogP contribution in [0.1, 0.15) is 43.7 Å². The van der Waals surface area contributed by atoms with Gasteiger partial charge in [-0.15, -0.1) is 0 Å². The van der Waals surface area contributed by atoms with Crippen LogP contribution in [0.5, 0.6) is 0 Å². The van der Waals surface area contributed by atoms with Crippen LogP contribution in [0, 0.1) is 6.92 Å². The molecule has 1 saturated carbocycles. The largest absolute Gasteiger partial charge is 0.483 e. The molecule has 12 heteroatoms. The smallest absolute Gasteiger partial charge is 0.290 e. The standard InChI is InChI=1S/C29H31Cl2N5O2S.CH2O2/c1-3-18-13-19(14-20-16-33-29(35-28(18)20)34-23-7-5-22(32)6-8-23)25-10-9-24(12-17(25)2)36-39(37,38)27-15-21(30)4-11-26(27)31;2-1-3/h4,9-16,22-23,36H,3,5-8,32H2,1-2H3,(H,33,34,35);1H,(H,2,3). The number of aryl methyl sites for hydroxylation is 2. The number of carboxylic acid groups (broad SMARTS) is 1. The Balaban J connectivity index is 0.00000129. The van der Waals surface area contributed by atoms with Gasteiger partial charge in [-0.25, -0.2) is 18.4 Å².